The SMILES string of the molecule is CCOC(=O)C1=C(CN2CCN(C(=O)c3ccccc3)[C@H](C)C2)N(CC)C(=O)N[C@@H]1c1ccccc1. The van der Waals surface area contributed by atoms with Crippen LogP contribution >= 0.6 is 0 Å². The van der Waals surface area contributed by atoms with Crippen molar-refractivity contribution in [3.63, 3.8) is 0 Å². The Morgan fingerprint density at radius 2 is 1.67 bits per heavy atom. The summed E-state index contributed by atoms with van der Waals surface area (Å²) in [6.07, 6.45) is 0. The Balaban J connectivity index is 1.62. The number of hydrogen-bond acceptors (Lipinski definition) is 5. The van der Waals surface area contributed by atoms with E-state index in [1.807, 2.05) is 79.4 Å². The average molecular weight is 491 g/mol. The van der Waals surface area contributed by atoms with Crippen molar-refractivity contribution in [3.05, 3.63) is 83.1 Å². The minimum absolute atomic E-state index is 0.0180. The standard InChI is InChI=1S/C28H34N4O4/c1-4-31-23(19-30-16-17-32(20(3)18-30)26(33)22-14-10-7-11-15-22)24(27(34)36-5-2)25(29-28(31)35)21-12-8-6-9-13-21/h6-15,20,25H,4-5,16-19H2,1-3H3,(H,29,35)/t20-,25-/m1/s1. The van der Waals surface area contributed by atoms with Crippen molar-refractivity contribution >= 4 is 17.9 Å². The van der Waals surface area contributed by atoms with Crippen molar-refractivity contribution in [2.75, 3.05) is 39.3 Å². The summed E-state index contributed by atoms with van der Waals surface area (Å²) in [7, 11) is 0. The number of esters is 1. The number of nitrogens with one attached hydrogen (secondary N) is 1. The summed E-state index contributed by atoms with van der Waals surface area (Å²) in [6.45, 7) is 8.62. The Morgan fingerprint density at radius 1 is 1.00 bits per heavy atom. The van der Waals surface area contributed by atoms with Gasteiger partial charge in [0.15, 0.2) is 0 Å². The molecule has 2 aliphatic rings. The van der Waals surface area contributed by atoms with Gasteiger partial charge in [-0.2, -0.15) is 0 Å². The lowest BCUT2D eigenvalue weighted by Gasteiger charge is -2.43. The second-order valence-corrected chi connectivity index (χ2v) is 9.07. The highest BCUT2D eigenvalue weighted by Crippen LogP contribution is 2.32. The van der Waals surface area contributed by atoms with E-state index in [0.717, 1.165) is 5.56 Å². The lowest BCUT2D eigenvalue weighted by Crippen LogP contribution is -2.56. The molecule has 0 spiro atoms. The van der Waals surface area contributed by atoms with Gasteiger partial charge in [0.2, 0.25) is 0 Å². The van der Waals surface area contributed by atoms with Crippen LogP contribution in [0.4, 0.5) is 4.79 Å². The van der Waals surface area contributed by atoms with Crippen molar-refractivity contribution in [2.45, 2.75) is 32.9 Å². The van der Waals surface area contributed by atoms with Gasteiger partial charge in [0.25, 0.3) is 5.91 Å². The van der Waals surface area contributed by atoms with E-state index < -0.39 is 12.0 Å². The number of benzene rings is 2. The normalized spacial score (nSPS) is 20.8. The summed E-state index contributed by atoms with van der Waals surface area (Å²) in [5, 5.41) is 3.00. The largest absolute Gasteiger partial charge is 0.463 e. The number of nitrogens with zero attached hydrogens (tertiary/aromatic N) is 3. The van der Waals surface area contributed by atoms with Crippen LogP contribution in [0.25, 0.3) is 0 Å². The fraction of sp³-hybridized carbons (Fsp3) is 0.393. The van der Waals surface area contributed by atoms with Crippen LogP contribution in [0.2, 0.25) is 0 Å². The predicted octanol–water partition coefficient (Wildman–Crippen LogP) is 3.44. The fourth-order valence-corrected chi connectivity index (χ4v) is 4.99. The maximum atomic E-state index is 13.2. The van der Waals surface area contributed by atoms with Gasteiger partial charge in [0.1, 0.15) is 0 Å². The van der Waals surface area contributed by atoms with Crippen LogP contribution in [0, 0.1) is 0 Å². The molecule has 1 N–H and O–H groups in total. The molecule has 0 radical (unpaired) electrons. The molecule has 1 saturated heterocycles. The first-order valence-corrected chi connectivity index (χ1v) is 12.6. The Hall–Kier alpha value is -3.65. The number of likely N-dealkylation sites (N-methyl/N-ethyl adjacent to an activating group) is 1. The number of urea groups is 1. The van der Waals surface area contributed by atoms with Crippen LogP contribution in [0.15, 0.2) is 71.9 Å². The number of carbonyl (C=O) groups excluding carboxylic acids is 3. The zero-order chi connectivity index (χ0) is 25.7. The summed E-state index contributed by atoms with van der Waals surface area (Å²) in [5.41, 5.74) is 2.62. The number of piperazine rings is 1. The molecule has 2 atom stereocenters. The molecular weight excluding hydrogens is 456 g/mol. The molecule has 0 aromatic heterocycles. The number of hydrogen-bond donors (Lipinski definition) is 1. The number of amides is 3. The van der Waals surface area contributed by atoms with E-state index in [-0.39, 0.29) is 24.6 Å². The average Bonchev–Trinajstić information content (AvgIpc) is 2.89. The molecular formula is C28H34N4O4. The van der Waals surface area contributed by atoms with Gasteiger partial charge in [-0.05, 0) is 38.5 Å². The Bertz CT molecular complexity index is 1120. The molecule has 0 saturated carbocycles. The molecule has 2 aromatic carbocycles. The minimum atomic E-state index is -0.589. The van der Waals surface area contributed by atoms with Gasteiger partial charge >= 0.3 is 12.0 Å². The maximum absolute atomic E-state index is 13.2. The zero-order valence-corrected chi connectivity index (χ0v) is 21.1. The second kappa shape index (κ2) is 11.4. The summed E-state index contributed by atoms with van der Waals surface area (Å²) < 4.78 is 5.45. The summed E-state index contributed by atoms with van der Waals surface area (Å²) in [4.78, 5) is 45.1. The van der Waals surface area contributed by atoms with Crippen molar-refractivity contribution in [2.24, 2.45) is 0 Å². The maximum Gasteiger partial charge on any atom is 0.338 e. The lowest BCUT2D eigenvalue weighted by molar-refractivity contribution is -0.139. The van der Waals surface area contributed by atoms with Crippen LogP contribution in [0.1, 0.15) is 42.7 Å². The van der Waals surface area contributed by atoms with Crippen molar-refractivity contribution in [1.82, 2.24) is 20.0 Å². The molecule has 2 aliphatic heterocycles. The van der Waals surface area contributed by atoms with Crippen LogP contribution in [0.5, 0.6) is 0 Å². The van der Waals surface area contributed by atoms with Crippen molar-refractivity contribution < 1.29 is 19.1 Å². The monoisotopic (exact) mass is 490 g/mol. The van der Waals surface area contributed by atoms with Crippen molar-refractivity contribution in [3.8, 4) is 0 Å². The highest BCUT2D eigenvalue weighted by molar-refractivity contribution is 5.95. The van der Waals surface area contributed by atoms with Gasteiger partial charge in [-0.15, -0.1) is 0 Å². The van der Waals surface area contributed by atoms with E-state index in [9.17, 15) is 14.4 Å². The van der Waals surface area contributed by atoms with Crippen LogP contribution in [-0.4, -0.2) is 78.0 Å². The molecule has 8 nitrogen and oxygen atoms in total. The topological polar surface area (TPSA) is 82.2 Å². The zero-order valence-electron chi connectivity index (χ0n) is 21.1. The molecule has 3 amide bonds. The van der Waals surface area contributed by atoms with Crippen molar-refractivity contribution in [1.29, 1.82) is 0 Å². The van der Waals surface area contributed by atoms with E-state index >= 15 is 0 Å². The molecule has 0 unspecified atom stereocenters. The van der Waals surface area contributed by atoms with Gasteiger partial charge in [0.05, 0.1) is 18.2 Å². The molecule has 0 bridgehead atoms. The van der Waals surface area contributed by atoms with Gasteiger partial charge < -0.3 is 15.0 Å². The molecule has 4 rings (SSSR count). The van der Waals surface area contributed by atoms with E-state index in [0.29, 0.717) is 49.6 Å². The Labute approximate surface area is 212 Å². The molecule has 2 aromatic rings. The second-order valence-electron chi connectivity index (χ2n) is 9.07. The number of carbonyl (C=O) groups is 3. The summed E-state index contributed by atoms with van der Waals surface area (Å²) >= 11 is 0. The van der Waals surface area contributed by atoms with E-state index in [4.69, 9.17) is 4.74 Å². The van der Waals surface area contributed by atoms with E-state index in [2.05, 4.69) is 10.2 Å². The van der Waals surface area contributed by atoms with Gasteiger partial charge in [-0.1, -0.05) is 48.5 Å². The smallest absolute Gasteiger partial charge is 0.338 e. The first kappa shape index (κ1) is 25.4. The molecule has 190 valence electrons. The quantitative estimate of drug-likeness (QED) is 0.602. The molecule has 8 heteroatoms. The van der Waals surface area contributed by atoms with Gasteiger partial charge in [0, 0.05) is 50.0 Å². The van der Waals surface area contributed by atoms with Crippen LogP contribution in [-0.2, 0) is 9.53 Å². The first-order valence-electron chi connectivity index (χ1n) is 12.6. The third-order valence-electron chi connectivity index (χ3n) is 6.75. The van der Waals surface area contributed by atoms with Crippen LogP contribution in [0.3, 0.4) is 0 Å². The minimum Gasteiger partial charge on any atom is -0.463 e. The predicted molar refractivity (Wildman–Crippen MR) is 137 cm³/mol. The fourth-order valence-electron chi connectivity index (χ4n) is 4.99. The van der Waals surface area contributed by atoms with E-state index in [1.54, 1.807) is 11.8 Å². The first-order chi connectivity index (χ1) is 17.4. The summed E-state index contributed by atoms with van der Waals surface area (Å²) in [6, 6.07) is 17.9. The third-order valence-corrected chi connectivity index (χ3v) is 6.75. The Kier molecular flexibility index (Phi) is 8.05. The third kappa shape index (κ3) is 5.28. The molecule has 0 aliphatic carbocycles. The number of ether oxygens (including phenoxy) is 1. The number of rotatable bonds is 7. The summed E-state index contributed by atoms with van der Waals surface area (Å²) in [5.74, 6) is -0.406. The highest BCUT2D eigenvalue weighted by atomic mass is 16.5. The van der Waals surface area contributed by atoms with Crippen LogP contribution < -0.4 is 5.32 Å². The molecule has 2 heterocycles. The van der Waals surface area contributed by atoms with Gasteiger partial charge in [-0.25, -0.2) is 9.59 Å². The van der Waals surface area contributed by atoms with Gasteiger partial charge in [-0.3, -0.25) is 14.6 Å². The highest BCUT2D eigenvalue weighted by Gasteiger charge is 2.39. The van der Waals surface area contributed by atoms with E-state index in [1.165, 1.54) is 0 Å². The Morgan fingerprint density at radius 3 is 2.28 bits per heavy atom. The molecule has 36 heavy (non-hydrogen) atoms. The lowest BCUT2D eigenvalue weighted by atomic mass is 9.94. The molecule has 1 fully saturated rings.